The van der Waals surface area contributed by atoms with Gasteiger partial charge in [-0.3, -0.25) is 0 Å². The number of esters is 1. The highest BCUT2D eigenvalue weighted by Crippen LogP contribution is 2.21. The van der Waals surface area contributed by atoms with Crippen molar-refractivity contribution in [3.05, 3.63) is 29.8 Å². The molecular formula is C10H12N2O2. The van der Waals surface area contributed by atoms with Gasteiger partial charge in [-0.1, -0.05) is 12.1 Å². The summed E-state index contributed by atoms with van der Waals surface area (Å²) >= 11 is 0. The zero-order valence-corrected chi connectivity index (χ0v) is 7.99. The number of hydrogen-bond acceptors (Lipinski definition) is 4. The van der Waals surface area contributed by atoms with E-state index in [1.54, 1.807) is 6.07 Å². The van der Waals surface area contributed by atoms with Crippen molar-refractivity contribution in [3.63, 3.8) is 0 Å². The smallest absolute Gasteiger partial charge is 0.340 e. The second kappa shape index (κ2) is 3.67. The van der Waals surface area contributed by atoms with Gasteiger partial charge in [0, 0.05) is 13.1 Å². The number of anilines is 1. The normalized spacial score (nSPS) is 14.8. The van der Waals surface area contributed by atoms with Crippen molar-refractivity contribution in [1.29, 1.82) is 0 Å². The highest BCUT2D eigenvalue weighted by molar-refractivity contribution is 5.95. The maximum absolute atomic E-state index is 11.4. The average molecular weight is 192 g/mol. The Hall–Kier alpha value is -1.55. The molecule has 0 saturated carbocycles. The van der Waals surface area contributed by atoms with Crippen LogP contribution in [0, 0.1) is 0 Å². The van der Waals surface area contributed by atoms with Crippen LogP contribution >= 0.6 is 0 Å². The van der Waals surface area contributed by atoms with Crippen molar-refractivity contribution in [2.45, 2.75) is 0 Å². The molecule has 0 bridgehead atoms. The van der Waals surface area contributed by atoms with Crippen molar-refractivity contribution in [3.8, 4) is 0 Å². The van der Waals surface area contributed by atoms with E-state index in [0.29, 0.717) is 5.56 Å². The van der Waals surface area contributed by atoms with Gasteiger partial charge in [0.2, 0.25) is 0 Å². The van der Waals surface area contributed by atoms with Crippen LogP contribution in [0.3, 0.4) is 0 Å². The number of carbonyl (C=O) groups excluding carboxylic acids is 1. The maximum Gasteiger partial charge on any atom is 0.340 e. The zero-order chi connectivity index (χ0) is 9.97. The summed E-state index contributed by atoms with van der Waals surface area (Å²) in [5.41, 5.74) is 4.59. The van der Waals surface area contributed by atoms with Gasteiger partial charge in [0.25, 0.3) is 0 Å². The van der Waals surface area contributed by atoms with Crippen molar-refractivity contribution in [2.24, 2.45) is 0 Å². The SMILES string of the molecule is COC(=O)c1ccccc1N1CCN1. The van der Waals surface area contributed by atoms with Gasteiger partial charge < -0.3 is 9.75 Å². The van der Waals surface area contributed by atoms with Gasteiger partial charge in [-0.05, 0) is 12.1 Å². The molecule has 0 aromatic heterocycles. The van der Waals surface area contributed by atoms with Gasteiger partial charge in [-0.15, -0.1) is 0 Å². The van der Waals surface area contributed by atoms with Crippen molar-refractivity contribution >= 4 is 11.7 Å². The molecule has 0 aliphatic carbocycles. The highest BCUT2D eigenvalue weighted by atomic mass is 16.5. The van der Waals surface area contributed by atoms with Crippen LogP contribution in [0.4, 0.5) is 5.69 Å². The van der Waals surface area contributed by atoms with E-state index in [1.807, 2.05) is 23.2 Å². The van der Waals surface area contributed by atoms with Crippen LogP contribution in [0.1, 0.15) is 10.4 Å². The number of hydrazine groups is 1. The van der Waals surface area contributed by atoms with Gasteiger partial charge >= 0.3 is 5.97 Å². The molecule has 4 nitrogen and oxygen atoms in total. The molecule has 1 fully saturated rings. The first-order valence-electron chi connectivity index (χ1n) is 4.51. The standard InChI is InChI=1S/C10H12N2O2/c1-14-10(13)8-4-2-3-5-9(8)12-7-6-11-12/h2-5,11H,6-7H2,1H3. The van der Waals surface area contributed by atoms with Crippen molar-refractivity contribution < 1.29 is 9.53 Å². The molecule has 1 aromatic rings. The molecule has 1 saturated heterocycles. The number of nitrogens with one attached hydrogen (secondary N) is 1. The lowest BCUT2D eigenvalue weighted by Gasteiger charge is -2.35. The zero-order valence-electron chi connectivity index (χ0n) is 7.99. The molecule has 1 aliphatic heterocycles. The number of para-hydroxylation sites is 1. The molecular weight excluding hydrogens is 180 g/mol. The molecule has 2 rings (SSSR count). The molecule has 4 heteroatoms. The summed E-state index contributed by atoms with van der Waals surface area (Å²) in [5, 5.41) is 1.94. The number of carbonyl (C=O) groups is 1. The molecule has 0 unspecified atom stereocenters. The maximum atomic E-state index is 11.4. The van der Waals surface area contributed by atoms with Crippen molar-refractivity contribution in [2.75, 3.05) is 25.2 Å². The Morgan fingerprint density at radius 3 is 2.79 bits per heavy atom. The van der Waals surface area contributed by atoms with Crippen LogP contribution in [-0.4, -0.2) is 26.2 Å². The summed E-state index contributed by atoms with van der Waals surface area (Å²) < 4.78 is 4.70. The topological polar surface area (TPSA) is 41.6 Å². The number of methoxy groups -OCH3 is 1. The Morgan fingerprint density at radius 2 is 2.21 bits per heavy atom. The highest BCUT2D eigenvalue weighted by Gasteiger charge is 2.20. The summed E-state index contributed by atoms with van der Waals surface area (Å²) in [6, 6.07) is 7.40. The molecule has 14 heavy (non-hydrogen) atoms. The van der Waals surface area contributed by atoms with Crippen molar-refractivity contribution in [1.82, 2.24) is 5.43 Å². The van der Waals surface area contributed by atoms with E-state index < -0.39 is 0 Å². The molecule has 1 aliphatic rings. The van der Waals surface area contributed by atoms with Crippen LogP contribution in [0.15, 0.2) is 24.3 Å². The molecule has 0 radical (unpaired) electrons. The lowest BCUT2D eigenvalue weighted by molar-refractivity contribution is 0.0601. The Labute approximate surface area is 82.4 Å². The first-order valence-corrected chi connectivity index (χ1v) is 4.51. The fraction of sp³-hybridized carbons (Fsp3) is 0.300. The molecule has 0 atom stereocenters. The lowest BCUT2D eigenvalue weighted by Crippen LogP contribution is -2.54. The fourth-order valence-corrected chi connectivity index (χ4v) is 1.42. The third-order valence-electron chi connectivity index (χ3n) is 2.24. The molecule has 1 heterocycles. The first-order chi connectivity index (χ1) is 6.83. The average Bonchev–Trinajstić information content (AvgIpc) is 2.15. The molecule has 1 aromatic carbocycles. The van der Waals surface area contributed by atoms with Gasteiger partial charge in [0.05, 0.1) is 18.4 Å². The molecule has 1 N–H and O–H groups in total. The van der Waals surface area contributed by atoms with Gasteiger partial charge in [0.15, 0.2) is 0 Å². The van der Waals surface area contributed by atoms with E-state index in [9.17, 15) is 4.79 Å². The second-order valence-electron chi connectivity index (χ2n) is 3.07. The van der Waals surface area contributed by atoms with E-state index in [2.05, 4.69) is 5.43 Å². The van der Waals surface area contributed by atoms with E-state index in [-0.39, 0.29) is 5.97 Å². The van der Waals surface area contributed by atoms with Crippen LogP contribution in [0.25, 0.3) is 0 Å². The third-order valence-corrected chi connectivity index (χ3v) is 2.24. The van der Waals surface area contributed by atoms with Gasteiger partial charge in [-0.2, -0.15) is 0 Å². The van der Waals surface area contributed by atoms with E-state index in [4.69, 9.17) is 4.74 Å². The van der Waals surface area contributed by atoms with Crippen LogP contribution in [0.5, 0.6) is 0 Å². The number of ether oxygens (including phenoxy) is 1. The number of benzene rings is 1. The Balaban J connectivity index is 2.32. The number of rotatable bonds is 2. The molecule has 0 amide bonds. The Kier molecular flexibility index (Phi) is 2.37. The van der Waals surface area contributed by atoms with Crippen LogP contribution < -0.4 is 10.4 Å². The minimum absolute atomic E-state index is 0.297. The van der Waals surface area contributed by atoms with E-state index in [0.717, 1.165) is 18.8 Å². The summed E-state index contributed by atoms with van der Waals surface area (Å²) in [7, 11) is 1.39. The fourth-order valence-electron chi connectivity index (χ4n) is 1.42. The Bertz CT molecular complexity index is 348. The predicted octanol–water partition coefficient (Wildman–Crippen LogP) is 0.798. The molecule has 74 valence electrons. The third kappa shape index (κ3) is 1.44. The summed E-state index contributed by atoms with van der Waals surface area (Å²) in [6.45, 7) is 1.88. The second-order valence-corrected chi connectivity index (χ2v) is 3.07. The quantitative estimate of drug-likeness (QED) is 0.704. The Morgan fingerprint density at radius 1 is 1.50 bits per heavy atom. The summed E-state index contributed by atoms with van der Waals surface area (Å²) in [4.78, 5) is 11.4. The van der Waals surface area contributed by atoms with Crippen LogP contribution in [-0.2, 0) is 4.74 Å². The first kappa shape index (κ1) is 9.02. The van der Waals surface area contributed by atoms with E-state index in [1.165, 1.54) is 7.11 Å². The number of nitrogens with zero attached hydrogens (tertiary/aromatic N) is 1. The van der Waals surface area contributed by atoms with Gasteiger partial charge in [0.1, 0.15) is 0 Å². The summed E-state index contributed by atoms with van der Waals surface area (Å²) in [5.74, 6) is -0.297. The number of hydrogen-bond donors (Lipinski definition) is 1. The minimum atomic E-state index is -0.297. The monoisotopic (exact) mass is 192 g/mol. The summed E-state index contributed by atoms with van der Waals surface area (Å²) in [6.07, 6.45) is 0. The largest absolute Gasteiger partial charge is 0.465 e. The predicted molar refractivity (Wildman–Crippen MR) is 53.1 cm³/mol. The van der Waals surface area contributed by atoms with E-state index >= 15 is 0 Å². The lowest BCUT2D eigenvalue weighted by atomic mass is 10.1. The molecule has 0 spiro atoms. The van der Waals surface area contributed by atoms with Gasteiger partial charge in [-0.25, -0.2) is 10.2 Å². The van der Waals surface area contributed by atoms with Crippen LogP contribution in [0.2, 0.25) is 0 Å². The minimum Gasteiger partial charge on any atom is -0.465 e.